The summed E-state index contributed by atoms with van der Waals surface area (Å²) >= 11 is 0. The number of benzene rings is 1. The zero-order valence-corrected chi connectivity index (χ0v) is 16.0. The van der Waals surface area contributed by atoms with Gasteiger partial charge in [0.2, 0.25) is 0 Å². The van der Waals surface area contributed by atoms with Gasteiger partial charge in [-0.05, 0) is 25.3 Å². The van der Waals surface area contributed by atoms with Gasteiger partial charge in [-0.15, -0.1) is 0 Å². The first-order chi connectivity index (χ1) is 12.6. The Bertz CT molecular complexity index is 747. The molecule has 0 atom stereocenters. The fraction of sp³-hybridized carbons (Fsp3) is 0.500. The lowest BCUT2D eigenvalue weighted by Gasteiger charge is -2.41. The number of guanidine groups is 1. The molecule has 1 saturated heterocycles. The van der Waals surface area contributed by atoms with Crippen LogP contribution in [0.2, 0.25) is 0 Å². The van der Waals surface area contributed by atoms with Gasteiger partial charge in [-0.25, -0.2) is 0 Å². The van der Waals surface area contributed by atoms with Crippen molar-refractivity contribution in [2.45, 2.75) is 25.9 Å². The van der Waals surface area contributed by atoms with E-state index in [2.05, 4.69) is 51.5 Å². The van der Waals surface area contributed by atoms with Crippen LogP contribution in [0, 0.1) is 0 Å². The fourth-order valence-corrected chi connectivity index (χ4v) is 3.29. The molecule has 0 aliphatic carbocycles. The van der Waals surface area contributed by atoms with Crippen molar-refractivity contribution in [3.8, 4) is 0 Å². The first kappa shape index (κ1) is 18.6. The Morgan fingerprint density at radius 3 is 2.73 bits per heavy atom. The van der Waals surface area contributed by atoms with E-state index in [9.17, 15) is 0 Å². The highest BCUT2D eigenvalue weighted by Crippen LogP contribution is 2.16. The minimum absolute atomic E-state index is 0.0408. The Labute approximate surface area is 155 Å². The molecule has 1 aromatic carbocycles. The molecule has 6 nitrogen and oxygen atoms in total. The molecular formula is C20H29N5O. The number of nitrogens with one attached hydrogen (secondary N) is 2. The maximum Gasteiger partial charge on any atom is 0.191 e. The van der Waals surface area contributed by atoms with Gasteiger partial charge in [0.25, 0.3) is 0 Å². The van der Waals surface area contributed by atoms with Gasteiger partial charge in [0.1, 0.15) is 0 Å². The summed E-state index contributed by atoms with van der Waals surface area (Å²) in [5.74, 6) is 0.793. The third-order valence-corrected chi connectivity index (χ3v) is 4.96. The van der Waals surface area contributed by atoms with E-state index in [4.69, 9.17) is 4.74 Å². The second-order valence-electron chi connectivity index (χ2n) is 7.17. The van der Waals surface area contributed by atoms with Crippen LogP contribution in [0.25, 0.3) is 10.8 Å². The lowest BCUT2D eigenvalue weighted by Crippen LogP contribution is -2.56. The number of hydrogen-bond donors (Lipinski definition) is 2. The van der Waals surface area contributed by atoms with Crippen molar-refractivity contribution in [2.75, 3.05) is 39.9 Å². The number of aliphatic imine (C=N–C) groups is 1. The quantitative estimate of drug-likeness (QED) is 0.635. The van der Waals surface area contributed by atoms with E-state index in [1.807, 2.05) is 24.4 Å². The lowest BCUT2D eigenvalue weighted by molar-refractivity contribution is -0.00834. The predicted molar refractivity (Wildman–Crippen MR) is 106 cm³/mol. The van der Waals surface area contributed by atoms with Gasteiger partial charge in [-0.1, -0.05) is 24.3 Å². The standard InChI is InChI=1S/C20H29N5O/c1-20(2,25-10-12-26-13-11-25)15-24-19(21-3)23-14-18-17-7-5-4-6-16(17)8-9-22-18/h4-9H,10-15H2,1-3H3,(H2,21,23,24). The number of rotatable bonds is 5. The number of fused-ring (bicyclic) bond motifs is 1. The maximum atomic E-state index is 5.46. The minimum Gasteiger partial charge on any atom is -0.379 e. The van der Waals surface area contributed by atoms with Gasteiger partial charge in [0.15, 0.2) is 5.96 Å². The number of aromatic nitrogens is 1. The molecule has 26 heavy (non-hydrogen) atoms. The number of morpholine rings is 1. The van der Waals surface area contributed by atoms with E-state index >= 15 is 0 Å². The average molecular weight is 355 g/mol. The SMILES string of the molecule is CN=C(NCc1nccc2ccccc12)NCC(C)(C)N1CCOCC1. The molecular weight excluding hydrogens is 326 g/mol. The molecule has 140 valence electrons. The number of ether oxygens (including phenoxy) is 1. The van der Waals surface area contributed by atoms with Crippen LogP contribution in [0.15, 0.2) is 41.5 Å². The highest BCUT2D eigenvalue weighted by atomic mass is 16.5. The Balaban J connectivity index is 1.58. The molecule has 0 saturated carbocycles. The van der Waals surface area contributed by atoms with Crippen LogP contribution in [0.1, 0.15) is 19.5 Å². The van der Waals surface area contributed by atoms with Crippen LogP contribution in [0.4, 0.5) is 0 Å². The zero-order valence-electron chi connectivity index (χ0n) is 16.0. The minimum atomic E-state index is 0.0408. The van der Waals surface area contributed by atoms with E-state index in [0.29, 0.717) is 6.54 Å². The van der Waals surface area contributed by atoms with Crippen LogP contribution in [0.3, 0.4) is 0 Å². The molecule has 6 heteroatoms. The topological polar surface area (TPSA) is 61.8 Å². The zero-order chi connectivity index (χ0) is 18.4. The summed E-state index contributed by atoms with van der Waals surface area (Å²) in [6.07, 6.45) is 1.86. The molecule has 2 aromatic rings. The summed E-state index contributed by atoms with van der Waals surface area (Å²) in [5.41, 5.74) is 1.07. The molecule has 1 aliphatic rings. The Morgan fingerprint density at radius 1 is 1.19 bits per heavy atom. The van der Waals surface area contributed by atoms with Crippen molar-refractivity contribution >= 4 is 16.7 Å². The third kappa shape index (κ3) is 4.51. The van der Waals surface area contributed by atoms with Crippen LogP contribution < -0.4 is 10.6 Å². The van der Waals surface area contributed by atoms with Crippen molar-refractivity contribution in [3.63, 3.8) is 0 Å². The van der Waals surface area contributed by atoms with Gasteiger partial charge in [0.05, 0.1) is 25.5 Å². The maximum absolute atomic E-state index is 5.46. The molecule has 1 aromatic heterocycles. The first-order valence-corrected chi connectivity index (χ1v) is 9.20. The van der Waals surface area contributed by atoms with Crippen LogP contribution >= 0.6 is 0 Å². The number of hydrogen-bond acceptors (Lipinski definition) is 4. The third-order valence-electron chi connectivity index (χ3n) is 4.96. The number of nitrogens with zero attached hydrogens (tertiary/aromatic N) is 3. The highest BCUT2D eigenvalue weighted by Gasteiger charge is 2.28. The van der Waals surface area contributed by atoms with Crippen molar-refractivity contribution in [2.24, 2.45) is 4.99 Å². The van der Waals surface area contributed by atoms with E-state index in [0.717, 1.165) is 44.5 Å². The monoisotopic (exact) mass is 355 g/mol. The Kier molecular flexibility index (Phi) is 6.06. The van der Waals surface area contributed by atoms with Crippen molar-refractivity contribution in [3.05, 3.63) is 42.2 Å². The van der Waals surface area contributed by atoms with Crippen molar-refractivity contribution < 1.29 is 4.74 Å². The molecule has 0 spiro atoms. The summed E-state index contributed by atoms with van der Waals surface area (Å²) in [4.78, 5) is 11.3. The second-order valence-corrected chi connectivity index (χ2v) is 7.17. The molecule has 1 fully saturated rings. The Morgan fingerprint density at radius 2 is 1.96 bits per heavy atom. The molecule has 2 N–H and O–H groups in total. The molecule has 1 aliphatic heterocycles. The second kappa shape index (κ2) is 8.47. The van der Waals surface area contributed by atoms with Crippen LogP contribution in [0.5, 0.6) is 0 Å². The predicted octanol–water partition coefficient (Wildman–Crippen LogP) is 2.01. The molecule has 0 bridgehead atoms. The fourth-order valence-electron chi connectivity index (χ4n) is 3.29. The number of pyridine rings is 1. The Hall–Kier alpha value is -2.18. The normalized spacial score (nSPS) is 16.7. The summed E-state index contributed by atoms with van der Waals surface area (Å²) in [6.45, 7) is 9.53. The first-order valence-electron chi connectivity index (χ1n) is 9.20. The largest absolute Gasteiger partial charge is 0.379 e. The summed E-state index contributed by atoms with van der Waals surface area (Å²) in [7, 11) is 1.80. The van der Waals surface area contributed by atoms with Crippen LogP contribution in [-0.2, 0) is 11.3 Å². The molecule has 3 rings (SSSR count). The summed E-state index contributed by atoms with van der Waals surface area (Å²) in [6, 6.07) is 10.4. The molecule has 0 radical (unpaired) electrons. The molecule has 2 heterocycles. The highest BCUT2D eigenvalue weighted by molar-refractivity contribution is 5.85. The van der Waals surface area contributed by atoms with Crippen molar-refractivity contribution in [1.29, 1.82) is 0 Å². The van der Waals surface area contributed by atoms with Gasteiger partial charge >= 0.3 is 0 Å². The van der Waals surface area contributed by atoms with Gasteiger partial charge in [0, 0.05) is 43.8 Å². The summed E-state index contributed by atoms with van der Waals surface area (Å²) < 4.78 is 5.46. The van der Waals surface area contributed by atoms with Gasteiger partial charge in [-0.3, -0.25) is 14.9 Å². The van der Waals surface area contributed by atoms with Gasteiger partial charge < -0.3 is 15.4 Å². The summed E-state index contributed by atoms with van der Waals surface area (Å²) in [5, 5.41) is 9.22. The van der Waals surface area contributed by atoms with E-state index in [1.54, 1.807) is 7.05 Å². The van der Waals surface area contributed by atoms with E-state index in [-0.39, 0.29) is 5.54 Å². The van der Waals surface area contributed by atoms with Crippen molar-refractivity contribution in [1.82, 2.24) is 20.5 Å². The van der Waals surface area contributed by atoms with Crippen LogP contribution in [-0.4, -0.2) is 61.3 Å². The smallest absolute Gasteiger partial charge is 0.191 e. The molecule has 0 unspecified atom stereocenters. The van der Waals surface area contributed by atoms with Gasteiger partial charge in [-0.2, -0.15) is 0 Å². The van der Waals surface area contributed by atoms with E-state index in [1.165, 1.54) is 10.8 Å². The lowest BCUT2D eigenvalue weighted by atomic mass is 10.0. The molecule has 0 amide bonds. The van der Waals surface area contributed by atoms with E-state index < -0.39 is 0 Å². The average Bonchev–Trinajstić information content (AvgIpc) is 2.69.